The van der Waals surface area contributed by atoms with Crippen molar-refractivity contribution < 1.29 is 4.74 Å². The van der Waals surface area contributed by atoms with Crippen molar-refractivity contribution in [2.75, 3.05) is 32.8 Å². The van der Waals surface area contributed by atoms with Crippen LogP contribution >= 0.6 is 0 Å². The Morgan fingerprint density at radius 1 is 1.56 bits per heavy atom. The van der Waals surface area contributed by atoms with Gasteiger partial charge in [0.15, 0.2) is 5.82 Å². The van der Waals surface area contributed by atoms with Crippen LogP contribution in [0.5, 0.6) is 0 Å². The van der Waals surface area contributed by atoms with Crippen molar-refractivity contribution >= 4 is 0 Å². The van der Waals surface area contributed by atoms with E-state index in [1.54, 1.807) is 0 Å². The van der Waals surface area contributed by atoms with E-state index in [1.807, 2.05) is 6.20 Å². The lowest BCUT2D eigenvalue weighted by Crippen LogP contribution is -2.39. The van der Waals surface area contributed by atoms with Gasteiger partial charge >= 0.3 is 0 Å². The Morgan fingerprint density at radius 3 is 3.39 bits per heavy atom. The van der Waals surface area contributed by atoms with E-state index in [1.165, 1.54) is 11.3 Å². The molecule has 0 radical (unpaired) electrons. The molecule has 0 spiro atoms. The summed E-state index contributed by atoms with van der Waals surface area (Å²) in [6, 6.07) is 0. The van der Waals surface area contributed by atoms with E-state index < -0.39 is 0 Å². The molecule has 1 unspecified atom stereocenters. The van der Waals surface area contributed by atoms with Crippen molar-refractivity contribution in [3.8, 4) is 0 Å². The zero-order chi connectivity index (χ0) is 12.4. The second kappa shape index (κ2) is 5.30. The van der Waals surface area contributed by atoms with E-state index in [9.17, 15) is 0 Å². The molecule has 2 aliphatic rings. The summed E-state index contributed by atoms with van der Waals surface area (Å²) >= 11 is 0. The van der Waals surface area contributed by atoms with Crippen molar-refractivity contribution in [2.45, 2.75) is 26.0 Å². The van der Waals surface area contributed by atoms with Crippen LogP contribution in [0.4, 0.5) is 0 Å². The van der Waals surface area contributed by atoms with Gasteiger partial charge in [0, 0.05) is 50.1 Å². The zero-order valence-corrected chi connectivity index (χ0v) is 10.9. The van der Waals surface area contributed by atoms with Gasteiger partial charge < -0.3 is 10.1 Å². The SMILES string of the molecule is CCN1CCOC(c2ncc3c(n2)CCNC3)C1. The molecule has 0 saturated carbocycles. The van der Waals surface area contributed by atoms with Crippen LogP contribution in [0.25, 0.3) is 0 Å². The molecule has 0 amide bonds. The van der Waals surface area contributed by atoms with E-state index in [4.69, 9.17) is 9.72 Å². The molecule has 1 aromatic heterocycles. The molecule has 0 aromatic carbocycles. The van der Waals surface area contributed by atoms with Crippen LogP contribution in [-0.2, 0) is 17.7 Å². The second-order valence-electron chi connectivity index (χ2n) is 4.88. The number of ether oxygens (including phenoxy) is 1. The average Bonchev–Trinajstić information content (AvgIpc) is 2.47. The van der Waals surface area contributed by atoms with Gasteiger partial charge in [-0.25, -0.2) is 9.97 Å². The first kappa shape index (κ1) is 12.0. The van der Waals surface area contributed by atoms with Gasteiger partial charge in [0.2, 0.25) is 0 Å². The third-order valence-electron chi connectivity index (χ3n) is 3.71. The predicted molar refractivity (Wildman–Crippen MR) is 68.2 cm³/mol. The van der Waals surface area contributed by atoms with Crippen LogP contribution in [0.2, 0.25) is 0 Å². The summed E-state index contributed by atoms with van der Waals surface area (Å²) in [5.74, 6) is 0.855. The Hall–Kier alpha value is -1.04. The third kappa shape index (κ3) is 2.39. The minimum absolute atomic E-state index is 0.0406. The highest BCUT2D eigenvalue weighted by Crippen LogP contribution is 2.20. The molecular weight excluding hydrogens is 228 g/mol. The lowest BCUT2D eigenvalue weighted by atomic mass is 10.1. The standard InChI is InChI=1S/C13H20N4O/c1-2-17-5-6-18-12(9-17)13-15-8-10-7-14-4-3-11(10)16-13/h8,12,14H,2-7,9H2,1H3. The summed E-state index contributed by atoms with van der Waals surface area (Å²) in [6.07, 6.45) is 2.99. The first-order chi connectivity index (χ1) is 8.86. The highest BCUT2D eigenvalue weighted by Gasteiger charge is 2.24. The van der Waals surface area contributed by atoms with Gasteiger partial charge in [-0.3, -0.25) is 4.90 Å². The molecule has 3 heterocycles. The van der Waals surface area contributed by atoms with Crippen LogP contribution in [0.1, 0.15) is 30.1 Å². The number of fused-ring (bicyclic) bond motifs is 1. The molecule has 3 rings (SSSR count). The van der Waals surface area contributed by atoms with E-state index in [0.717, 1.165) is 51.6 Å². The minimum atomic E-state index is 0.0406. The van der Waals surface area contributed by atoms with E-state index in [0.29, 0.717) is 0 Å². The van der Waals surface area contributed by atoms with Crippen molar-refractivity contribution in [3.63, 3.8) is 0 Å². The molecule has 1 aromatic rings. The van der Waals surface area contributed by atoms with Gasteiger partial charge in [-0.05, 0) is 6.54 Å². The first-order valence-corrected chi connectivity index (χ1v) is 6.76. The quantitative estimate of drug-likeness (QED) is 0.826. The molecule has 0 aliphatic carbocycles. The monoisotopic (exact) mass is 248 g/mol. The summed E-state index contributed by atoms with van der Waals surface area (Å²) in [7, 11) is 0. The van der Waals surface area contributed by atoms with E-state index in [-0.39, 0.29) is 6.10 Å². The second-order valence-corrected chi connectivity index (χ2v) is 4.88. The fourth-order valence-corrected chi connectivity index (χ4v) is 2.55. The summed E-state index contributed by atoms with van der Waals surface area (Å²) in [5, 5.41) is 3.34. The Bertz CT molecular complexity index is 423. The molecule has 1 saturated heterocycles. The lowest BCUT2D eigenvalue weighted by Gasteiger charge is -2.31. The first-order valence-electron chi connectivity index (χ1n) is 6.76. The van der Waals surface area contributed by atoms with Crippen LogP contribution in [-0.4, -0.2) is 47.7 Å². The molecule has 2 aliphatic heterocycles. The van der Waals surface area contributed by atoms with Crippen LogP contribution in [0, 0.1) is 0 Å². The molecule has 1 atom stereocenters. The van der Waals surface area contributed by atoms with Gasteiger partial charge in [-0.2, -0.15) is 0 Å². The molecule has 5 nitrogen and oxygen atoms in total. The highest BCUT2D eigenvalue weighted by atomic mass is 16.5. The van der Waals surface area contributed by atoms with Gasteiger partial charge in [-0.1, -0.05) is 6.92 Å². The number of rotatable bonds is 2. The largest absolute Gasteiger partial charge is 0.368 e. The number of nitrogens with zero attached hydrogens (tertiary/aromatic N) is 3. The summed E-state index contributed by atoms with van der Waals surface area (Å²) in [5.41, 5.74) is 2.42. The number of hydrogen-bond acceptors (Lipinski definition) is 5. The Balaban J connectivity index is 1.79. The van der Waals surface area contributed by atoms with Gasteiger partial charge in [0.1, 0.15) is 6.10 Å². The van der Waals surface area contributed by atoms with Crippen LogP contribution in [0.3, 0.4) is 0 Å². The van der Waals surface area contributed by atoms with Crippen LogP contribution in [0.15, 0.2) is 6.20 Å². The molecule has 1 N–H and O–H groups in total. The number of morpholine rings is 1. The van der Waals surface area contributed by atoms with Gasteiger partial charge in [0.25, 0.3) is 0 Å². The van der Waals surface area contributed by atoms with Gasteiger partial charge in [0.05, 0.1) is 6.61 Å². The number of hydrogen-bond donors (Lipinski definition) is 1. The fraction of sp³-hybridized carbons (Fsp3) is 0.692. The molecule has 1 fully saturated rings. The summed E-state index contributed by atoms with van der Waals surface area (Å²) in [6.45, 7) is 7.85. The zero-order valence-electron chi connectivity index (χ0n) is 10.9. The fourth-order valence-electron chi connectivity index (χ4n) is 2.55. The third-order valence-corrected chi connectivity index (χ3v) is 3.71. The topological polar surface area (TPSA) is 50.3 Å². The number of nitrogens with one attached hydrogen (secondary N) is 1. The number of likely N-dealkylation sites (N-methyl/N-ethyl adjacent to an activating group) is 1. The number of aromatic nitrogens is 2. The average molecular weight is 248 g/mol. The van der Waals surface area contributed by atoms with Gasteiger partial charge in [-0.15, -0.1) is 0 Å². The maximum Gasteiger partial charge on any atom is 0.158 e. The van der Waals surface area contributed by atoms with Crippen molar-refractivity contribution in [3.05, 3.63) is 23.3 Å². The molecular formula is C13H20N4O. The molecule has 0 bridgehead atoms. The molecule has 98 valence electrons. The summed E-state index contributed by atoms with van der Waals surface area (Å²) < 4.78 is 5.80. The van der Waals surface area contributed by atoms with Crippen LogP contribution < -0.4 is 5.32 Å². The Morgan fingerprint density at radius 2 is 2.50 bits per heavy atom. The maximum absolute atomic E-state index is 5.80. The smallest absolute Gasteiger partial charge is 0.158 e. The summed E-state index contributed by atoms with van der Waals surface area (Å²) in [4.78, 5) is 11.6. The highest BCUT2D eigenvalue weighted by molar-refractivity contribution is 5.21. The Labute approximate surface area is 108 Å². The van der Waals surface area contributed by atoms with Crippen molar-refractivity contribution in [1.82, 2.24) is 20.2 Å². The lowest BCUT2D eigenvalue weighted by molar-refractivity contribution is -0.0327. The van der Waals surface area contributed by atoms with Crippen molar-refractivity contribution in [2.24, 2.45) is 0 Å². The Kier molecular flexibility index (Phi) is 3.54. The van der Waals surface area contributed by atoms with Crippen molar-refractivity contribution in [1.29, 1.82) is 0 Å². The minimum Gasteiger partial charge on any atom is -0.368 e. The predicted octanol–water partition coefficient (Wildman–Crippen LogP) is 0.516. The van der Waals surface area contributed by atoms with E-state index in [2.05, 4.69) is 22.1 Å². The maximum atomic E-state index is 5.80. The molecule has 5 heteroatoms. The molecule has 18 heavy (non-hydrogen) atoms. The normalized spacial score (nSPS) is 24.8. The van der Waals surface area contributed by atoms with E-state index >= 15 is 0 Å².